The molecule has 0 unspecified atom stereocenters. The van der Waals surface area contributed by atoms with Gasteiger partial charge in [0.05, 0.1) is 6.26 Å². The van der Waals surface area contributed by atoms with Crippen molar-refractivity contribution in [3.8, 4) is 0 Å². The highest BCUT2D eigenvalue weighted by Crippen LogP contribution is 2.42. The molecule has 7 nitrogen and oxygen atoms in total. The molecule has 0 atom stereocenters. The first-order valence-electron chi connectivity index (χ1n) is 14.8. The lowest BCUT2D eigenvalue weighted by Gasteiger charge is -2.42. The molecule has 4 rings (SSSR count). The molecule has 0 spiro atoms. The third-order valence-corrected chi connectivity index (χ3v) is 8.38. The number of nitrogens with one attached hydrogen (secondary N) is 1. The van der Waals surface area contributed by atoms with Crippen molar-refractivity contribution in [1.82, 2.24) is 10.2 Å². The fraction of sp³-hybridized carbons (Fsp3) is 0.625. The van der Waals surface area contributed by atoms with E-state index in [1.54, 1.807) is 18.4 Å². The number of nitrogens with zero attached hydrogens (tertiary/aromatic N) is 2. The average Bonchev–Trinajstić information content (AvgIpc) is 3.44. The Labute approximate surface area is 234 Å². The van der Waals surface area contributed by atoms with Crippen LogP contribution in [0.2, 0.25) is 0 Å². The fourth-order valence-electron chi connectivity index (χ4n) is 6.19. The number of anilines is 1. The molecule has 214 valence electrons. The summed E-state index contributed by atoms with van der Waals surface area (Å²) < 4.78 is 10.9. The van der Waals surface area contributed by atoms with Gasteiger partial charge < -0.3 is 24.3 Å². The van der Waals surface area contributed by atoms with E-state index in [2.05, 4.69) is 29.3 Å². The maximum absolute atomic E-state index is 13.5. The number of likely N-dealkylation sites (tertiary alicyclic amines) is 1. The standard InChI is InChI=1S/C32H47N3O4/c1-25-10-12-26(13-11-25)35(29(36)28-9-8-24-38-28)27-14-21-34(22-15-27)23-19-32(16-6-5-7-17-32)18-20-33-30(37)39-31(2,3)4/h8-13,24,27H,5-7,14-23H2,1-4H3,(H,33,37). The van der Waals surface area contributed by atoms with Gasteiger partial charge in [-0.15, -0.1) is 0 Å². The largest absolute Gasteiger partial charge is 0.459 e. The normalized spacial score (nSPS) is 18.5. The van der Waals surface area contributed by atoms with E-state index in [1.165, 1.54) is 37.7 Å². The van der Waals surface area contributed by atoms with Gasteiger partial charge in [-0.25, -0.2) is 4.79 Å². The van der Waals surface area contributed by atoms with Crippen LogP contribution in [0.4, 0.5) is 10.5 Å². The van der Waals surface area contributed by atoms with Crippen LogP contribution in [-0.2, 0) is 4.74 Å². The molecule has 1 saturated carbocycles. The van der Waals surface area contributed by atoms with E-state index in [0.717, 1.165) is 51.0 Å². The lowest BCUT2D eigenvalue weighted by atomic mass is 9.69. The monoisotopic (exact) mass is 537 g/mol. The molecule has 0 bridgehead atoms. The van der Waals surface area contributed by atoms with E-state index in [1.807, 2.05) is 37.8 Å². The number of hydrogen-bond acceptors (Lipinski definition) is 5. The summed E-state index contributed by atoms with van der Waals surface area (Å²) in [5.41, 5.74) is 1.92. The maximum atomic E-state index is 13.5. The first-order valence-corrected chi connectivity index (χ1v) is 14.8. The molecule has 2 amide bonds. The molecule has 39 heavy (non-hydrogen) atoms. The molecule has 1 aromatic carbocycles. The van der Waals surface area contributed by atoms with E-state index in [9.17, 15) is 9.59 Å². The number of amides is 2. The van der Waals surface area contributed by atoms with E-state index in [0.29, 0.717) is 12.3 Å². The van der Waals surface area contributed by atoms with Crippen molar-refractivity contribution in [1.29, 1.82) is 0 Å². The van der Waals surface area contributed by atoms with Gasteiger partial charge in [-0.1, -0.05) is 37.0 Å². The lowest BCUT2D eigenvalue weighted by molar-refractivity contribution is 0.0508. The van der Waals surface area contributed by atoms with Gasteiger partial charge >= 0.3 is 6.09 Å². The SMILES string of the molecule is Cc1ccc(N(C(=O)c2ccco2)C2CCN(CCC3(CCNC(=O)OC(C)(C)C)CCCCC3)CC2)cc1. The van der Waals surface area contributed by atoms with Gasteiger partial charge in [0.1, 0.15) is 5.60 Å². The van der Waals surface area contributed by atoms with E-state index in [4.69, 9.17) is 9.15 Å². The molecule has 2 aromatic rings. The highest BCUT2D eigenvalue weighted by Gasteiger charge is 2.34. The zero-order chi connectivity index (χ0) is 27.9. The molecule has 2 aliphatic rings. The smallest absolute Gasteiger partial charge is 0.407 e. The number of carbonyl (C=O) groups excluding carboxylic acids is 2. The Morgan fingerprint density at radius 1 is 1.05 bits per heavy atom. The number of aryl methyl sites for hydroxylation is 1. The van der Waals surface area contributed by atoms with Gasteiger partial charge in [-0.2, -0.15) is 0 Å². The number of ether oxygens (including phenoxy) is 1. The minimum atomic E-state index is -0.476. The Balaban J connectivity index is 1.33. The Kier molecular flexibility index (Phi) is 9.76. The predicted molar refractivity (Wildman–Crippen MR) is 155 cm³/mol. The second-order valence-electron chi connectivity index (χ2n) is 12.6. The zero-order valence-electron chi connectivity index (χ0n) is 24.3. The maximum Gasteiger partial charge on any atom is 0.407 e. The van der Waals surface area contributed by atoms with Crippen LogP contribution in [0, 0.1) is 12.3 Å². The second kappa shape index (κ2) is 13.0. The number of rotatable bonds is 9. The van der Waals surface area contributed by atoms with Crippen molar-refractivity contribution < 1.29 is 18.7 Å². The van der Waals surface area contributed by atoms with Crippen molar-refractivity contribution >= 4 is 17.7 Å². The molecule has 2 heterocycles. The summed E-state index contributed by atoms with van der Waals surface area (Å²) in [5, 5.41) is 2.99. The minimum absolute atomic E-state index is 0.0686. The van der Waals surface area contributed by atoms with Crippen LogP contribution < -0.4 is 10.2 Å². The highest BCUT2D eigenvalue weighted by atomic mass is 16.6. The summed E-state index contributed by atoms with van der Waals surface area (Å²) in [7, 11) is 0. The summed E-state index contributed by atoms with van der Waals surface area (Å²) in [6.45, 7) is 11.4. The van der Waals surface area contributed by atoms with Crippen molar-refractivity contribution in [3.63, 3.8) is 0 Å². The van der Waals surface area contributed by atoms with Gasteiger partial charge in [-0.3, -0.25) is 4.79 Å². The van der Waals surface area contributed by atoms with Crippen LogP contribution in [0.25, 0.3) is 0 Å². The zero-order valence-corrected chi connectivity index (χ0v) is 24.3. The molecule has 1 aliphatic heterocycles. The molecule has 0 radical (unpaired) electrons. The third-order valence-electron chi connectivity index (χ3n) is 8.38. The molecule has 1 aromatic heterocycles. The van der Waals surface area contributed by atoms with Crippen LogP contribution >= 0.6 is 0 Å². The Morgan fingerprint density at radius 2 is 1.74 bits per heavy atom. The number of piperidine rings is 1. The van der Waals surface area contributed by atoms with E-state index >= 15 is 0 Å². The topological polar surface area (TPSA) is 75.0 Å². The van der Waals surface area contributed by atoms with Gasteiger partial charge in [-0.05, 0) is 102 Å². The summed E-state index contributed by atoms with van der Waals surface area (Å²) in [5.74, 6) is 0.318. The van der Waals surface area contributed by atoms with Gasteiger partial charge in [0, 0.05) is 31.4 Å². The Morgan fingerprint density at radius 3 is 2.36 bits per heavy atom. The first kappa shape index (κ1) is 29.2. The van der Waals surface area contributed by atoms with Crippen molar-refractivity contribution in [2.75, 3.05) is 31.1 Å². The lowest BCUT2D eigenvalue weighted by Crippen LogP contribution is -2.48. The number of carbonyl (C=O) groups is 2. The summed E-state index contributed by atoms with van der Waals surface area (Å²) in [4.78, 5) is 30.1. The van der Waals surface area contributed by atoms with Crippen LogP contribution in [-0.4, -0.2) is 54.7 Å². The summed E-state index contributed by atoms with van der Waals surface area (Å²) in [6.07, 6.45) is 11.6. The van der Waals surface area contributed by atoms with Gasteiger partial charge in [0.25, 0.3) is 5.91 Å². The molecule has 1 saturated heterocycles. The third kappa shape index (κ3) is 8.34. The number of alkyl carbamates (subject to hydrolysis) is 1. The first-order chi connectivity index (χ1) is 18.6. The predicted octanol–water partition coefficient (Wildman–Crippen LogP) is 6.95. The van der Waals surface area contributed by atoms with Crippen LogP contribution in [0.3, 0.4) is 0 Å². The van der Waals surface area contributed by atoms with Gasteiger partial charge in [0.2, 0.25) is 0 Å². The second-order valence-corrected chi connectivity index (χ2v) is 12.6. The quantitative estimate of drug-likeness (QED) is 0.374. The minimum Gasteiger partial charge on any atom is -0.459 e. The highest BCUT2D eigenvalue weighted by molar-refractivity contribution is 6.04. The molecule has 1 N–H and O–H groups in total. The van der Waals surface area contributed by atoms with Crippen molar-refractivity contribution in [2.45, 2.75) is 97.1 Å². The van der Waals surface area contributed by atoms with E-state index in [-0.39, 0.29) is 23.5 Å². The van der Waals surface area contributed by atoms with Crippen LogP contribution in [0.15, 0.2) is 47.1 Å². The van der Waals surface area contributed by atoms with Gasteiger partial charge in [0.15, 0.2) is 5.76 Å². The molecule has 2 fully saturated rings. The number of furan rings is 1. The molecular formula is C32H47N3O4. The Hall–Kier alpha value is -2.80. The average molecular weight is 538 g/mol. The number of hydrogen-bond donors (Lipinski definition) is 1. The summed E-state index contributed by atoms with van der Waals surface area (Å²) in [6, 6.07) is 11.9. The molecular weight excluding hydrogens is 490 g/mol. The van der Waals surface area contributed by atoms with Crippen molar-refractivity contribution in [2.24, 2.45) is 5.41 Å². The molecule has 7 heteroatoms. The fourth-order valence-corrected chi connectivity index (χ4v) is 6.19. The number of benzene rings is 1. The summed E-state index contributed by atoms with van der Waals surface area (Å²) >= 11 is 0. The van der Waals surface area contributed by atoms with Crippen molar-refractivity contribution in [3.05, 3.63) is 54.0 Å². The van der Waals surface area contributed by atoms with Crippen LogP contribution in [0.1, 0.15) is 94.7 Å². The molecule has 1 aliphatic carbocycles. The van der Waals surface area contributed by atoms with E-state index < -0.39 is 5.60 Å². The van der Waals surface area contributed by atoms with Crippen LogP contribution in [0.5, 0.6) is 0 Å². The Bertz CT molecular complexity index is 1040.